The number of pyridine rings is 1. The molecule has 2 rings (SSSR count). The second-order valence-electron chi connectivity index (χ2n) is 3.58. The number of aromatic nitrogens is 1. The Morgan fingerprint density at radius 3 is 2.94 bits per heavy atom. The third-order valence-electron chi connectivity index (χ3n) is 2.28. The number of nitrogens with one attached hydrogen (secondary N) is 1. The Balaban J connectivity index is 2.45. The van der Waals surface area contributed by atoms with E-state index in [-0.39, 0.29) is 5.82 Å². The van der Waals surface area contributed by atoms with E-state index in [2.05, 4.69) is 17.2 Å². The van der Waals surface area contributed by atoms with E-state index in [1.165, 1.54) is 12.1 Å². The predicted octanol–water partition coefficient (Wildman–Crippen LogP) is 3.85. The van der Waals surface area contributed by atoms with Crippen LogP contribution in [0.3, 0.4) is 0 Å². The Morgan fingerprint density at radius 1 is 1.38 bits per heavy atom. The summed E-state index contributed by atoms with van der Waals surface area (Å²) in [6, 6.07) is 6.38. The molecule has 0 aliphatic rings. The van der Waals surface area contributed by atoms with Crippen LogP contribution in [0.1, 0.15) is 13.3 Å². The normalized spacial score (nSPS) is 10.7. The maximum Gasteiger partial charge on any atom is 0.126 e. The van der Waals surface area contributed by atoms with Crippen molar-refractivity contribution in [2.45, 2.75) is 13.3 Å². The number of hydrogen-bond acceptors (Lipinski definition) is 2. The van der Waals surface area contributed by atoms with E-state index in [1.54, 1.807) is 0 Å². The van der Waals surface area contributed by atoms with Crippen molar-refractivity contribution in [1.82, 2.24) is 4.98 Å². The van der Waals surface area contributed by atoms with E-state index in [4.69, 9.17) is 11.6 Å². The van der Waals surface area contributed by atoms with Gasteiger partial charge in [0.05, 0.1) is 10.5 Å². The second-order valence-corrected chi connectivity index (χ2v) is 3.98. The van der Waals surface area contributed by atoms with Crippen molar-refractivity contribution in [3.63, 3.8) is 0 Å². The minimum Gasteiger partial charge on any atom is -0.370 e. The summed E-state index contributed by atoms with van der Waals surface area (Å²) in [4.78, 5) is 4.30. The summed E-state index contributed by atoms with van der Waals surface area (Å²) in [6.07, 6.45) is 1.02. The zero-order valence-electron chi connectivity index (χ0n) is 8.93. The molecule has 0 bridgehead atoms. The molecule has 0 fully saturated rings. The first-order valence-corrected chi connectivity index (χ1v) is 5.58. The van der Waals surface area contributed by atoms with Gasteiger partial charge in [-0.15, -0.1) is 0 Å². The Kier molecular flexibility index (Phi) is 3.25. The number of anilines is 1. The zero-order chi connectivity index (χ0) is 11.5. The molecule has 0 aliphatic carbocycles. The highest BCUT2D eigenvalue weighted by atomic mass is 35.5. The van der Waals surface area contributed by atoms with Crippen LogP contribution >= 0.6 is 11.6 Å². The van der Waals surface area contributed by atoms with Crippen molar-refractivity contribution in [2.24, 2.45) is 0 Å². The summed E-state index contributed by atoms with van der Waals surface area (Å²) in [5, 5.41) is 4.31. The quantitative estimate of drug-likeness (QED) is 0.879. The summed E-state index contributed by atoms with van der Waals surface area (Å²) in [5.41, 5.74) is 0.575. The van der Waals surface area contributed by atoms with Crippen molar-refractivity contribution in [1.29, 1.82) is 0 Å². The summed E-state index contributed by atoms with van der Waals surface area (Å²) < 4.78 is 13.1. The van der Waals surface area contributed by atoms with Crippen LogP contribution in [0.15, 0.2) is 24.3 Å². The van der Waals surface area contributed by atoms with Crippen LogP contribution in [0.2, 0.25) is 5.02 Å². The lowest BCUT2D eigenvalue weighted by Crippen LogP contribution is -2.01. The molecule has 0 saturated carbocycles. The van der Waals surface area contributed by atoms with Gasteiger partial charge in [-0.2, -0.15) is 0 Å². The first kappa shape index (κ1) is 11.1. The fourth-order valence-electron chi connectivity index (χ4n) is 1.51. The Labute approximate surface area is 98.4 Å². The minimum absolute atomic E-state index is 0.363. The first-order chi connectivity index (χ1) is 7.70. The van der Waals surface area contributed by atoms with E-state index in [9.17, 15) is 4.39 Å². The van der Waals surface area contributed by atoms with Gasteiger partial charge in [-0.1, -0.05) is 18.5 Å². The number of fused-ring (bicyclic) bond motifs is 1. The van der Waals surface area contributed by atoms with E-state index < -0.39 is 0 Å². The molecule has 0 spiro atoms. The molecular formula is C12H12ClFN2. The van der Waals surface area contributed by atoms with Gasteiger partial charge in [-0.05, 0) is 24.6 Å². The van der Waals surface area contributed by atoms with Crippen LogP contribution in [-0.4, -0.2) is 11.5 Å². The van der Waals surface area contributed by atoms with Crippen LogP contribution in [0.4, 0.5) is 10.2 Å². The van der Waals surface area contributed by atoms with Crippen molar-refractivity contribution in [3.05, 3.63) is 35.1 Å². The summed E-state index contributed by atoms with van der Waals surface area (Å²) >= 11 is 5.92. The molecular weight excluding hydrogens is 227 g/mol. The molecule has 0 saturated heterocycles. The van der Waals surface area contributed by atoms with Crippen LogP contribution in [-0.2, 0) is 0 Å². The van der Waals surface area contributed by atoms with Crippen LogP contribution in [0.5, 0.6) is 0 Å². The lowest BCUT2D eigenvalue weighted by Gasteiger charge is -2.06. The van der Waals surface area contributed by atoms with Crippen molar-refractivity contribution >= 4 is 28.3 Å². The number of benzene rings is 1. The third-order valence-corrected chi connectivity index (χ3v) is 2.59. The number of nitrogens with zero attached hydrogens (tertiary/aromatic N) is 1. The van der Waals surface area contributed by atoms with Gasteiger partial charge in [0.25, 0.3) is 0 Å². The molecule has 0 atom stereocenters. The Morgan fingerprint density at radius 2 is 2.19 bits per heavy atom. The molecule has 2 nitrogen and oxygen atoms in total. The average molecular weight is 239 g/mol. The van der Waals surface area contributed by atoms with Crippen molar-refractivity contribution in [2.75, 3.05) is 11.9 Å². The van der Waals surface area contributed by atoms with E-state index >= 15 is 0 Å². The molecule has 1 heterocycles. The summed E-state index contributed by atoms with van der Waals surface area (Å²) in [7, 11) is 0. The average Bonchev–Trinajstić information content (AvgIpc) is 2.25. The first-order valence-electron chi connectivity index (χ1n) is 5.20. The molecule has 16 heavy (non-hydrogen) atoms. The molecule has 2 aromatic rings. The van der Waals surface area contributed by atoms with Crippen LogP contribution in [0, 0.1) is 5.82 Å². The molecule has 1 aromatic heterocycles. The highest BCUT2D eigenvalue weighted by Gasteiger charge is 2.04. The Bertz CT molecular complexity index is 514. The molecule has 0 radical (unpaired) electrons. The molecule has 0 unspecified atom stereocenters. The fourth-order valence-corrected chi connectivity index (χ4v) is 1.77. The van der Waals surface area contributed by atoms with Crippen molar-refractivity contribution in [3.8, 4) is 0 Å². The van der Waals surface area contributed by atoms with Gasteiger partial charge in [0, 0.05) is 18.0 Å². The summed E-state index contributed by atoms with van der Waals surface area (Å²) in [6.45, 7) is 2.92. The second kappa shape index (κ2) is 4.66. The van der Waals surface area contributed by atoms with Gasteiger partial charge in [0.2, 0.25) is 0 Å². The highest BCUT2D eigenvalue weighted by molar-refractivity contribution is 6.35. The predicted molar refractivity (Wildman–Crippen MR) is 65.5 cm³/mol. The standard InChI is InChI=1S/C12H12ClFN2/c1-2-5-15-12-4-3-9-10(13)6-8(14)7-11(9)16-12/h3-4,6-7H,2,5H2,1H3,(H,15,16). The molecule has 1 aromatic carbocycles. The topological polar surface area (TPSA) is 24.9 Å². The van der Waals surface area contributed by atoms with Gasteiger partial charge < -0.3 is 5.32 Å². The van der Waals surface area contributed by atoms with E-state index in [0.717, 1.165) is 24.2 Å². The number of hydrogen-bond donors (Lipinski definition) is 1. The van der Waals surface area contributed by atoms with Crippen molar-refractivity contribution < 1.29 is 4.39 Å². The molecule has 0 aliphatic heterocycles. The van der Waals surface area contributed by atoms with Gasteiger partial charge in [0.15, 0.2) is 0 Å². The lowest BCUT2D eigenvalue weighted by molar-refractivity contribution is 0.629. The van der Waals surface area contributed by atoms with Crippen LogP contribution < -0.4 is 5.32 Å². The van der Waals surface area contributed by atoms with E-state index in [0.29, 0.717) is 10.5 Å². The maximum atomic E-state index is 13.1. The molecule has 1 N–H and O–H groups in total. The smallest absolute Gasteiger partial charge is 0.126 e. The molecule has 84 valence electrons. The van der Waals surface area contributed by atoms with Gasteiger partial charge in [-0.3, -0.25) is 0 Å². The summed E-state index contributed by atoms with van der Waals surface area (Å²) in [5.74, 6) is 0.383. The highest BCUT2D eigenvalue weighted by Crippen LogP contribution is 2.24. The minimum atomic E-state index is -0.363. The van der Waals surface area contributed by atoms with Crippen LogP contribution in [0.25, 0.3) is 10.9 Å². The Hall–Kier alpha value is -1.35. The lowest BCUT2D eigenvalue weighted by atomic mass is 10.2. The zero-order valence-corrected chi connectivity index (χ0v) is 9.68. The maximum absolute atomic E-state index is 13.1. The largest absolute Gasteiger partial charge is 0.370 e. The van der Waals surface area contributed by atoms with Gasteiger partial charge in [0.1, 0.15) is 11.6 Å². The molecule has 4 heteroatoms. The third kappa shape index (κ3) is 2.25. The monoisotopic (exact) mass is 238 g/mol. The number of rotatable bonds is 3. The van der Waals surface area contributed by atoms with Gasteiger partial charge in [-0.25, -0.2) is 9.37 Å². The SMILES string of the molecule is CCCNc1ccc2c(Cl)cc(F)cc2n1. The van der Waals surface area contributed by atoms with E-state index in [1.807, 2.05) is 12.1 Å². The van der Waals surface area contributed by atoms with Gasteiger partial charge >= 0.3 is 0 Å². The number of halogens is 2. The molecule has 0 amide bonds. The fraction of sp³-hybridized carbons (Fsp3) is 0.250.